The van der Waals surface area contributed by atoms with E-state index in [1.54, 1.807) is 0 Å². The van der Waals surface area contributed by atoms with Gasteiger partial charge in [0, 0.05) is 16.3 Å². The van der Waals surface area contributed by atoms with Gasteiger partial charge in [-0.25, -0.2) is 0 Å². The molecule has 156 valence electrons. The molecule has 0 N–H and O–H groups in total. The summed E-state index contributed by atoms with van der Waals surface area (Å²) in [6, 6.07) is 42.4. The largest absolute Gasteiger partial charge is 0.455 e. The minimum atomic E-state index is -2.47. The molecule has 1 nitrogen and oxygen atoms in total. The van der Waals surface area contributed by atoms with Crippen LogP contribution in [0.5, 0.6) is 0 Å². The van der Waals surface area contributed by atoms with E-state index in [2.05, 4.69) is 116 Å². The predicted molar refractivity (Wildman–Crippen MR) is 141 cm³/mol. The summed E-state index contributed by atoms with van der Waals surface area (Å²) in [6.45, 7) is 2.16. The first-order valence-electron chi connectivity index (χ1n) is 11.5. The number of furan rings is 1. The Kier molecular flexibility index (Phi) is 3.85. The van der Waals surface area contributed by atoms with E-state index in [-0.39, 0.29) is 0 Å². The van der Waals surface area contributed by atoms with E-state index in [9.17, 15) is 0 Å². The van der Waals surface area contributed by atoms with Crippen LogP contribution >= 0.6 is 0 Å². The number of benzene rings is 5. The van der Waals surface area contributed by atoms with Gasteiger partial charge < -0.3 is 4.42 Å². The number of aryl methyl sites for hydroxylation is 1. The molecule has 1 aromatic heterocycles. The molecule has 6 aromatic rings. The lowest BCUT2D eigenvalue weighted by atomic mass is 10.0. The van der Waals surface area contributed by atoms with E-state index in [4.69, 9.17) is 4.42 Å². The molecule has 0 saturated carbocycles. The van der Waals surface area contributed by atoms with Gasteiger partial charge in [0.1, 0.15) is 11.2 Å². The van der Waals surface area contributed by atoms with E-state index in [0.717, 1.165) is 11.2 Å². The standard InChI is InChI=1S/C31H22OSi/c1-21-15-17-23(18-16-21)33(22-9-3-2-4-10-22)28-14-8-6-12-26(28)30-29(33)20-19-25-24-11-5-7-13-27(24)32-31(25)30/h2-20H,1H3. The Balaban J connectivity index is 1.69. The molecule has 33 heavy (non-hydrogen) atoms. The maximum absolute atomic E-state index is 6.56. The van der Waals surface area contributed by atoms with Gasteiger partial charge in [-0.2, -0.15) is 0 Å². The number of hydrogen-bond acceptors (Lipinski definition) is 1. The van der Waals surface area contributed by atoms with Crippen molar-refractivity contribution in [1.29, 1.82) is 0 Å². The van der Waals surface area contributed by atoms with Crippen molar-refractivity contribution in [3.63, 3.8) is 0 Å². The molecule has 7 rings (SSSR count). The maximum Gasteiger partial charge on any atom is 0.181 e. The lowest BCUT2D eigenvalue weighted by molar-refractivity contribution is 0.670. The fourth-order valence-electron chi connectivity index (χ4n) is 5.82. The van der Waals surface area contributed by atoms with Crippen LogP contribution in [0.4, 0.5) is 0 Å². The minimum absolute atomic E-state index is 0.951. The molecule has 0 saturated heterocycles. The zero-order chi connectivity index (χ0) is 22.0. The summed E-state index contributed by atoms with van der Waals surface area (Å²) < 4.78 is 6.56. The molecule has 5 aromatic carbocycles. The SMILES string of the molecule is Cc1ccc([Si]2(c3ccccc3)c3ccccc3-c3c2ccc2c3oc3ccccc32)cc1. The van der Waals surface area contributed by atoms with Gasteiger partial charge in [-0.15, -0.1) is 0 Å². The van der Waals surface area contributed by atoms with Crippen LogP contribution in [-0.2, 0) is 0 Å². The molecular weight excluding hydrogens is 416 g/mol. The highest BCUT2D eigenvalue weighted by Gasteiger charge is 2.49. The molecule has 0 radical (unpaired) electrons. The highest BCUT2D eigenvalue weighted by molar-refractivity contribution is 7.22. The third-order valence-electron chi connectivity index (χ3n) is 7.24. The van der Waals surface area contributed by atoms with Crippen LogP contribution in [0.2, 0.25) is 0 Å². The normalized spacial score (nSPS) is 16.8. The molecule has 2 heteroatoms. The van der Waals surface area contributed by atoms with Gasteiger partial charge in [0.05, 0.1) is 0 Å². The Morgan fingerprint density at radius 3 is 2.09 bits per heavy atom. The van der Waals surface area contributed by atoms with Gasteiger partial charge in [0.15, 0.2) is 8.07 Å². The molecule has 0 aliphatic carbocycles. The van der Waals surface area contributed by atoms with Crippen molar-refractivity contribution in [2.45, 2.75) is 6.92 Å². The summed E-state index contributed by atoms with van der Waals surface area (Å²) in [5, 5.41) is 8.08. The monoisotopic (exact) mass is 438 g/mol. The third kappa shape index (κ3) is 2.41. The average Bonchev–Trinajstić information content (AvgIpc) is 3.39. The van der Waals surface area contributed by atoms with Crippen molar-refractivity contribution in [1.82, 2.24) is 0 Å². The second kappa shape index (κ2) is 6.81. The predicted octanol–water partition coefficient (Wildman–Crippen LogP) is 5.25. The van der Waals surface area contributed by atoms with E-state index < -0.39 is 8.07 Å². The topological polar surface area (TPSA) is 13.1 Å². The van der Waals surface area contributed by atoms with Crippen LogP contribution in [-0.4, -0.2) is 8.07 Å². The van der Waals surface area contributed by atoms with E-state index in [1.807, 2.05) is 6.07 Å². The lowest BCUT2D eigenvalue weighted by Gasteiger charge is -2.31. The average molecular weight is 439 g/mol. The lowest BCUT2D eigenvalue weighted by Crippen LogP contribution is -2.72. The van der Waals surface area contributed by atoms with Crippen LogP contribution in [0.3, 0.4) is 0 Å². The first kappa shape index (κ1) is 18.7. The van der Waals surface area contributed by atoms with Crippen LogP contribution in [0.25, 0.3) is 33.1 Å². The van der Waals surface area contributed by atoms with Gasteiger partial charge in [-0.3, -0.25) is 0 Å². The second-order valence-electron chi connectivity index (χ2n) is 8.99. The zero-order valence-corrected chi connectivity index (χ0v) is 19.4. The zero-order valence-electron chi connectivity index (χ0n) is 18.4. The van der Waals surface area contributed by atoms with Crippen molar-refractivity contribution in [2.24, 2.45) is 0 Å². The van der Waals surface area contributed by atoms with Crippen LogP contribution in [0.15, 0.2) is 120 Å². The van der Waals surface area contributed by atoms with Crippen molar-refractivity contribution < 1.29 is 4.42 Å². The molecule has 1 atom stereocenters. The Bertz CT molecular complexity index is 1660. The number of rotatable bonds is 2. The summed E-state index contributed by atoms with van der Waals surface area (Å²) in [7, 11) is -2.47. The molecule has 0 spiro atoms. The molecule has 1 aliphatic heterocycles. The smallest absolute Gasteiger partial charge is 0.181 e. The first-order valence-corrected chi connectivity index (χ1v) is 13.5. The van der Waals surface area contributed by atoms with Gasteiger partial charge in [0.2, 0.25) is 0 Å². The van der Waals surface area contributed by atoms with Crippen LogP contribution in [0, 0.1) is 6.92 Å². The second-order valence-corrected chi connectivity index (χ2v) is 12.7. The van der Waals surface area contributed by atoms with Crippen molar-refractivity contribution in [2.75, 3.05) is 0 Å². The molecular formula is C31H22OSi. The quantitative estimate of drug-likeness (QED) is 0.336. The molecule has 1 unspecified atom stereocenters. The highest BCUT2D eigenvalue weighted by atomic mass is 28.3. The molecule has 1 aliphatic rings. The van der Waals surface area contributed by atoms with Crippen LogP contribution < -0.4 is 20.7 Å². The highest BCUT2D eigenvalue weighted by Crippen LogP contribution is 2.38. The van der Waals surface area contributed by atoms with Gasteiger partial charge in [0.25, 0.3) is 0 Å². The molecule has 2 heterocycles. The number of fused-ring (bicyclic) bond motifs is 7. The van der Waals surface area contributed by atoms with Gasteiger partial charge in [-0.05, 0) is 39.3 Å². The Labute approximate surface area is 194 Å². The molecule has 0 fully saturated rings. The molecule has 0 bridgehead atoms. The van der Waals surface area contributed by atoms with Gasteiger partial charge in [-0.1, -0.05) is 115 Å². The Morgan fingerprint density at radius 2 is 1.24 bits per heavy atom. The van der Waals surface area contributed by atoms with Crippen molar-refractivity contribution in [3.05, 3.63) is 121 Å². The van der Waals surface area contributed by atoms with Crippen LogP contribution in [0.1, 0.15) is 5.56 Å². The van der Waals surface area contributed by atoms with E-state index >= 15 is 0 Å². The fraction of sp³-hybridized carbons (Fsp3) is 0.0323. The third-order valence-corrected chi connectivity index (χ3v) is 12.1. The van der Waals surface area contributed by atoms with Crippen molar-refractivity contribution >= 4 is 50.8 Å². The summed E-state index contributed by atoms with van der Waals surface area (Å²) >= 11 is 0. The summed E-state index contributed by atoms with van der Waals surface area (Å²) in [6.07, 6.45) is 0. The Morgan fingerprint density at radius 1 is 0.545 bits per heavy atom. The first-order chi connectivity index (χ1) is 16.3. The minimum Gasteiger partial charge on any atom is -0.455 e. The van der Waals surface area contributed by atoms with Gasteiger partial charge >= 0.3 is 0 Å². The molecule has 0 amide bonds. The van der Waals surface area contributed by atoms with E-state index in [0.29, 0.717) is 0 Å². The summed E-state index contributed by atoms with van der Waals surface area (Å²) in [5.74, 6) is 0. The number of hydrogen-bond donors (Lipinski definition) is 0. The van der Waals surface area contributed by atoms with Crippen molar-refractivity contribution in [3.8, 4) is 11.1 Å². The fourth-order valence-corrected chi connectivity index (χ4v) is 11.0. The summed E-state index contributed by atoms with van der Waals surface area (Å²) in [4.78, 5) is 0. The Hall–Kier alpha value is -3.88. The van der Waals surface area contributed by atoms with E-state index in [1.165, 1.54) is 48.2 Å². The summed E-state index contributed by atoms with van der Waals surface area (Å²) in [5.41, 5.74) is 5.84. The number of para-hydroxylation sites is 1. The maximum atomic E-state index is 6.56.